The number of ether oxygens (including phenoxy) is 1. The number of fused-ring (bicyclic) bond motifs is 1. The molecule has 4 aromatic rings. The average Bonchev–Trinajstić information content (AvgIpc) is 3.52. The molecule has 0 bridgehead atoms. The van der Waals surface area contributed by atoms with Gasteiger partial charge < -0.3 is 14.1 Å². The molecule has 0 atom stereocenters. The molecule has 0 saturated heterocycles. The topological polar surface area (TPSA) is 98.9 Å². The summed E-state index contributed by atoms with van der Waals surface area (Å²) >= 11 is 0. The van der Waals surface area contributed by atoms with E-state index in [0.717, 1.165) is 36.1 Å². The Morgan fingerprint density at radius 3 is 2.16 bits per heavy atom. The maximum atomic E-state index is 12.6. The maximum absolute atomic E-state index is 12.6. The van der Waals surface area contributed by atoms with E-state index in [-0.39, 0.29) is 16.7 Å². The molecule has 0 fully saturated rings. The highest BCUT2D eigenvalue weighted by atomic mass is 16.7. The molecular weight excluding hydrogens is 472 g/mol. The van der Waals surface area contributed by atoms with Crippen molar-refractivity contribution in [1.29, 1.82) is 0 Å². The molecule has 1 aliphatic heterocycles. The van der Waals surface area contributed by atoms with Crippen molar-refractivity contribution in [2.45, 2.75) is 26.2 Å². The second-order valence-corrected chi connectivity index (χ2v) is 8.56. The van der Waals surface area contributed by atoms with Crippen molar-refractivity contribution >= 4 is 17.8 Å². The van der Waals surface area contributed by atoms with Crippen LogP contribution in [0.5, 0.6) is 5.75 Å². The lowest BCUT2D eigenvalue weighted by molar-refractivity contribution is -0.0584. The van der Waals surface area contributed by atoms with Gasteiger partial charge in [-0.1, -0.05) is 54.3 Å². The number of carbonyl (C=O) groups is 3. The fourth-order valence-electron chi connectivity index (χ4n) is 3.97. The van der Waals surface area contributed by atoms with E-state index in [1.165, 1.54) is 24.3 Å². The highest BCUT2D eigenvalue weighted by molar-refractivity contribution is 6.21. The highest BCUT2D eigenvalue weighted by Crippen LogP contribution is 2.28. The van der Waals surface area contributed by atoms with Crippen molar-refractivity contribution < 1.29 is 28.5 Å². The fraction of sp³-hybridized carbons (Fsp3) is 0.172. The number of carbonyl (C=O) groups excluding carboxylic acids is 3. The van der Waals surface area contributed by atoms with Crippen LogP contribution < -0.4 is 4.74 Å². The number of unbranched alkanes of at least 4 members (excludes halogenated alkanes) is 2. The minimum Gasteiger partial charge on any atom is -0.494 e. The first-order valence-electron chi connectivity index (χ1n) is 12.1. The minimum absolute atomic E-state index is 0.179. The first kappa shape index (κ1) is 24.0. The Morgan fingerprint density at radius 2 is 1.51 bits per heavy atom. The zero-order chi connectivity index (χ0) is 25.8. The van der Waals surface area contributed by atoms with Gasteiger partial charge in [0.15, 0.2) is 5.76 Å². The smallest absolute Gasteiger partial charge is 0.363 e. The maximum Gasteiger partial charge on any atom is 0.363 e. The summed E-state index contributed by atoms with van der Waals surface area (Å²) in [5.74, 6) is -0.752. The average molecular weight is 497 g/mol. The van der Waals surface area contributed by atoms with Crippen LogP contribution in [-0.2, 0) is 4.84 Å². The van der Waals surface area contributed by atoms with Gasteiger partial charge in [-0.15, -0.1) is 0 Å². The monoisotopic (exact) mass is 496 g/mol. The lowest BCUT2D eigenvalue weighted by Crippen LogP contribution is -2.32. The van der Waals surface area contributed by atoms with E-state index >= 15 is 0 Å². The molecule has 3 aromatic carbocycles. The van der Waals surface area contributed by atoms with Gasteiger partial charge in [-0.2, -0.15) is 0 Å². The summed E-state index contributed by atoms with van der Waals surface area (Å²) in [5.41, 5.74) is 2.76. The van der Waals surface area contributed by atoms with Crippen molar-refractivity contribution in [2.24, 2.45) is 0 Å². The number of nitrogens with zero attached hydrogens (tertiary/aromatic N) is 2. The van der Waals surface area contributed by atoms with Crippen molar-refractivity contribution in [3.05, 3.63) is 95.6 Å². The predicted molar refractivity (Wildman–Crippen MR) is 135 cm³/mol. The van der Waals surface area contributed by atoms with Crippen LogP contribution in [0.4, 0.5) is 0 Å². The van der Waals surface area contributed by atoms with E-state index < -0.39 is 17.8 Å². The van der Waals surface area contributed by atoms with Crippen LogP contribution in [0.3, 0.4) is 0 Å². The van der Waals surface area contributed by atoms with Gasteiger partial charge in [0.05, 0.1) is 23.3 Å². The van der Waals surface area contributed by atoms with Gasteiger partial charge in [-0.3, -0.25) is 9.59 Å². The third-order valence-corrected chi connectivity index (χ3v) is 6.01. The molecule has 186 valence electrons. The van der Waals surface area contributed by atoms with Crippen LogP contribution in [0.15, 0.2) is 83.4 Å². The molecule has 0 radical (unpaired) electrons. The molecule has 8 nitrogen and oxygen atoms in total. The molecule has 5 rings (SSSR count). The van der Waals surface area contributed by atoms with Gasteiger partial charge in [0.25, 0.3) is 11.8 Å². The fourth-order valence-corrected chi connectivity index (χ4v) is 3.97. The summed E-state index contributed by atoms with van der Waals surface area (Å²) in [6.07, 6.45) is 3.33. The molecule has 1 aliphatic rings. The Balaban J connectivity index is 1.22. The van der Waals surface area contributed by atoms with E-state index in [1.54, 1.807) is 24.3 Å². The third-order valence-electron chi connectivity index (χ3n) is 6.01. The zero-order valence-corrected chi connectivity index (χ0v) is 20.2. The highest BCUT2D eigenvalue weighted by Gasteiger charge is 2.38. The first-order chi connectivity index (χ1) is 18.0. The standard InChI is InChI=1S/C29H24N2O6/c1-2-3-6-17-35-22-15-13-20(14-16-22)26-18-25(30-36-26)19-9-11-21(12-10-19)29(34)37-31-27(32)23-7-4-5-8-24(23)28(31)33/h4-5,7-16,18H,2-3,6,17H2,1H3. The van der Waals surface area contributed by atoms with Crippen molar-refractivity contribution in [3.8, 4) is 28.3 Å². The van der Waals surface area contributed by atoms with Gasteiger partial charge in [-0.05, 0) is 55.0 Å². The number of hydroxylamine groups is 2. The lowest BCUT2D eigenvalue weighted by Gasteiger charge is -2.12. The summed E-state index contributed by atoms with van der Waals surface area (Å²) in [7, 11) is 0. The van der Waals surface area contributed by atoms with E-state index in [4.69, 9.17) is 14.1 Å². The SMILES string of the molecule is CCCCCOc1ccc(-c2cc(-c3ccc(C(=O)ON4C(=O)c5ccccc5C4=O)cc3)no2)cc1. The minimum atomic E-state index is -0.820. The van der Waals surface area contributed by atoms with Crippen LogP contribution >= 0.6 is 0 Å². The number of hydrogen-bond donors (Lipinski definition) is 0. The molecule has 0 saturated carbocycles. The largest absolute Gasteiger partial charge is 0.494 e. The van der Waals surface area contributed by atoms with Crippen LogP contribution in [-0.4, -0.2) is 34.6 Å². The molecule has 0 unspecified atom stereocenters. The molecule has 2 heterocycles. The van der Waals surface area contributed by atoms with Crippen LogP contribution in [0.1, 0.15) is 57.3 Å². The summed E-state index contributed by atoms with van der Waals surface area (Å²) < 4.78 is 11.3. The van der Waals surface area contributed by atoms with E-state index in [9.17, 15) is 14.4 Å². The second kappa shape index (κ2) is 10.5. The van der Waals surface area contributed by atoms with Crippen LogP contribution in [0, 0.1) is 0 Å². The van der Waals surface area contributed by atoms with E-state index in [0.29, 0.717) is 23.1 Å². The number of rotatable bonds is 9. The van der Waals surface area contributed by atoms with E-state index in [1.807, 2.05) is 30.3 Å². The van der Waals surface area contributed by atoms with Gasteiger partial charge in [0, 0.05) is 17.2 Å². The molecule has 2 amide bonds. The van der Waals surface area contributed by atoms with Crippen LogP contribution in [0.2, 0.25) is 0 Å². The van der Waals surface area contributed by atoms with E-state index in [2.05, 4.69) is 12.1 Å². The Morgan fingerprint density at radius 1 is 0.865 bits per heavy atom. The lowest BCUT2D eigenvalue weighted by atomic mass is 10.1. The normalized spacial score (nSPS) is 12.5. The van der Waals surface area contributed by atoms with Gasteiger partial charge in [0.2, 0.25) is 0 Å². The van der Waals surface area contributed by atoms with Gasteiger partial charge in [-0.25, -0.2) is 4.79 Å². The van der Waals surface area contributed by atoms with Gasteiger partial charge in [0.1, 0.15) is 11.4 Å². The number of amides is 2. The molecule has 37 heavy (non-hydrogen) atoms. The zero-order valence-electron chi connectivity index (χ0n) is 20.2. The summed E-state index contributed by atoms with van der Waals surface area (Å²) in [6.45, 7) is 2.85. The quantitative estimate of drug-likeness (QED) is 0.209. The molecule has 0 spiro atoms. The summed E-state index contributed by atoms with van der Waals surface area (Å²) in [4.78, 5) is 42.5. The Hall–Kier alpha value is -4.72. The number of benzene rings is 3. The number of hydrogen-bond acceptors (Lipinski definition) is 7. The molecule has 0 N–H and O–H groups in total. The summed E-state index contributed by atoms with van der Waals surface area (Å²) in [6, 6.07) is 22.2. The molecule has 0 aliphatic carbocycles. The summed E-state index contributed by atoms with van der Waals surface area (Å²) in [5, 5.41) is 4.63. The van der Waals surface area contributed by atoms with Crippen molar-refractivity contribution in [2.75, 3.05) is 6.61 Å². The van der Waals surface area contributed by atoms with Crippen molar-refractivity contribution in [3.63, 3.8) is 0 Å². The first-order valence-corrected chi connectivity index (χ1v) is 12.1. The Kier molecular flexibility index (Phi) is 6.81. The van der Waals surface area contributed by atoms with Crippen molar-refractivity contribution in [1.82, 2.24) is 10.2 Å². The van der Waals surface area contributed by atoms with Crippen LogP contribution in [0.25, 0.3) is 22.6 Å². The second-order valence-electron chi connectivity index (χ2n) is 8.56. The number of aromatic nitrogens is 1. The molecule has 8 heteroatoms. The molecular formula is C29H24N2O6. The Labute approximate surface area is 213 Å². The Bertz CT molecular complexity index is 1410. The molecule has 1 aromatic heterocycles. The predicted octanol–water partition coefficient (Wildman–Crippen LogP) is 5.95. The van der Waals surface area contributed by atoms with Gasteiger partial charge >= 0.3 is 5.97 Å². The third kappa shape index (κ3) is 4.99. The number of imide groups is 1.